The van der Waals surface area contributed by atoms with Gasteiger partial charge in [0.05, 0.1) is 25.3 Å². The Morgan fingerprint density at radius 2 is 1.93 bits per heavy atom. The number of ether oxygens (including phenoxy) is 1. The van der Waals surface area contributed by atoms with Crippen LogP contribution >= 0.6 is 11.3 Å². The number of thiazole rings is 1. The maximum absolute atomic E-state index is 12.4. The molecule has 2 aromatic carbocycles. The Morgan fingerprint density at radius 3 is 2.63 bits per heavy atom. The smallest absolute Gasteiger partial charge is 0.226 e. The van der Waals surface area contributed by atoms with Crippen molar-refractivity contribution in [1.82, 2.24) is 10.3 Å². The van der Waals surface area contributed by atoms with Gasteiger partial charge in [0.2, 0.25) is 5.91 Å². The van der Waals surface area contributed by atoms with Crippen LogP contribution in [0.1, 0.15) is 36.7 Å². The van der Waals surface area contributed by atoms with Gasteiger partial charge in [0.15, 0.2) is 0 Å². The topological polar surface area (TPSA) is 51.2 Å². The van der Waals surface area contributed by atoms with Gasteiger partial charge >= 0.3 is 0 Å². The van der Waals surface area contributed by atoms with Crippen LogP contribution in [-0.2, 0) is 17.6 Å². The monoisotopic (exact) mass is 380 g/mol. The van der Waals surface area contributed by atoms with E-state index in [-0.39, 0.29) is 18.4 Å². The Balaban J connectivity index is 1.63. The van der Waals surface area contributed by atoms with E-state index in [0.29, 0.717) is 0 Å². The quantitative estimate of drug-likeness (QED) is 0.640. The highest BCUT2D eigenvalue weighted by atomic mass is 32.1. The van der Waals surface area contributed by atoms with Crippen molar-refractivity contribution in [1.29, 1.82) is 0 Å². The average molecular weight is 381 g/mol. The van der Waals surface area contributed by atoms with E-state index in [1.807, 2.05) is 36.6 Å². The van der Waals surface area contributed by atoms with Gasteiger partial charge in [-0.05, 0) is 25.0 Å². The van der Waals surface area contributed by atoms with Crippen LogP contribution in [0.3, 0.4) is 0 Å². The van der Waals surface area contributed by atoms with Gasteiger partial charge in [0, 0.05) is 16.5 Å². The van der Waals surface area contributed by atoms with Crippen molar-refractivity contribution < 1.29 is 9.53 Å². The minimum atomic E-state index is -0.131. The zero-order valence-electron chi connectivity index (χ0n) is 15.9. The van der Waals surface area contributed by atoms with Gasteiger partial charge in [0.25, 0.3) is 0 Å². The third kappa shape index (κ3) is 4.74. The molecule has 1 unspecified atom stereocenters. The van der Waals surface area contributed by atoms with Crippen molar-refractivity contribution in [2.45, 2.75) is 32.7 Å². The highest BCUT2D eigenvalue weighted by Crippen LogP contribution is 2.26. The number of carbonyl (C=O) groups is 1. The Labute approximate surface area is 164 Å². The average Bonchev–Trinajstić information content (AvgIpc) is 3.16. The molecule has 1 N–H and O–H groups in total. The first kappa shape index (κ1) is 19.1. The lowest BCUT2D eigenvalue weighted by atomic mass is 10.1. The minimum absolute atomic E-state index is 0.0495. The Morgan fingerprint density at radius 1 is 1.19 bits per heavy atom. The molecule has 0 spiro atoms. The lowest BCUT2D eigenvalue weighted by molar-refractivity contribution is -0.121. The number of amides is 1. The second kappa shape index (κ2) is 8.82. The van der Waals surface area contributed by atoms with E-state index in [0.717, 1.165) is 34.0 Å². The molecular formula is C22H24N2O2S. The second-order valence-electron chi connectivity index (χ2n) is 6.40. The fourth-order valence-electron chi connectivity index (χ4n) is 2.96. The number of hydrogen-bond donors (Lipinski definition) is 1. The summed E-state index contributed by atoms with van der Waals surface area (Å²) in [5, 5.41) is 5.93. The van der Waals surface area contributed by atoms with E-state index in [9.17, 15) is 4.79 Å². The molecule has 1 heterocycles. The van der Waals surface area contributed by atoms with E-state index in [1.165, 1.54) is 5.56 Å². The number of para-hydroxylation sites is 1. The predicted octanol–water partition coefficient (Wildman–Crippen LogP) is 4.80. The van der Waals surface area contributed by atoms with E-state index in [1.54, 1.807) is 18.4 Å². The third-order valence-electron chi connectivity index (χ3n) is 4.49. The number of hydrogen-bond acceptors (Lipinski definition) is 4. The Bertz CT molecular complexity index is 903. The number of carbonyl (C=O) groups excluding carboxylic acids is 1. The Kier molecular flexibility index (Phi) is 6.24. The molecule has 0 saturated carbocycles. The molecule has 3 aromatic rings. The van der Waals surface area contributed by atoms with Crippen LogP contribution in [0.4, 0.5) is 0 Å². The lowest BCUT2D eigenvalue weighted by Gasteiger charge is -2.17. The first-order valence-corrected chi connectivity index (χ1v) is 9.94. The molecule has 5 heteroatoms. The summed E-state index contributed by atoms with van der Waals surface area (Å²) in [7, 11) is 1.64. The highest BCUT2D eigenvalue weighted by Gasteiger charge is 2.15. The molecule has 1 atom stereocenters. The van der Waals surface area contributed by atoms with Crippen molar-refractivity contribution >= 4 is 17.2 Å². The van der Waals surface area contributed by atoms with E-state index >= 15 is 0 Å². The fraction of sp³-hybridized carbons (Fsp3) is 0.273. The molecule has 0 bridgehead atoms. The summed E-state index contributed by atoms with van der Waals surface area (Å²) < 4.78 is 5.37. The number of aromatic nitrogens is 1. The highest BCUT2D eigenvalue weighted by molar-refractivity contribution is 7.13. The molecule has 140 valence electrons. The van der Waals surface area contributed by atoms with Crippen LogP contribution in [0.5, 0.6) is 5.75 Å². The van der Waals surface area contributed by atoms with Gasteiger partial charge in [-0.3, -0.25) is 4.79 Å². The van der Waals surface area contributed by atoms with Crippen molar-refractivity contribution in [2.75, 3.05) is 7.11 Å². The van der Waals surface area contributed by atoms with E-state index in [2.05, 4.69) is 41.5 Å². The van der Waals surface area contributed by atoms with E-state index < -0.39 is 0 Å². The fourth-order valence-corrected chi connectivity index (χ4v) is 3.79. The number of benzene rings is 2. The molecule has 1 amide bonds. The molecule has 4 nitrogen and oxygen atoms in total. The van der Waals surface area contributed by atoms with Gasteiger partial charge in [-0.25, -0.2) is 4.98 Å². The number of aryl methyl sites for hydroxylation is 1. The van der Waals surface area contributed by atoms with Gasteiger partial charge in [-0.1, -0.05) is 49.4 Å². The van der Waals surface area contributed by atoms with Crippen molar-refractivity contribution in [3.63, 3.8) is 0 Å². The van der Waals surface area contributed by atoms with Gasteiger partial charge < -0.3 is 10.1 Å². The van der Waals surface area contributed by atoms with Crippen LogP contribution in [0.2, 0.25) is 0 Å². The molecule has 0 fully saturated rings. The van der Waals surface area contributed by atoms with Crippen LogP contribution in [0.25, 0.3) is 10.6 Å². The maximum atomic E-state index is 12.4. The summed E-state index contributed by atoms with van der Waals surface area (Å²) in [5.74, 6) is 0.725. The number of methoxy groups -OCH3 is 1. The summed E-state index contributed by atoms with van der Waals surface area (Å²) in [5.41, 5.74) is 4.15. The molecule has 1 aromatic heterocycles. The molecular weight excluding hydrogens is 356 g/mol. The third-order valence-corrected chi connectivity index (χ3v) is 5.43. The van der Waals surface area contributed by atoms with Crippen LogP contribution in [0.15, 0.2) is 53.9 Å². The number of nitrogens with one attached hydrogen (secondary N) is 1. The van der Waals surface area contributed by atoms with Gasteiger partial charge in [-0.15, -0.1) is 11.3 Å². The van der Waals surface area contributed by atoms with Gasteiger partial charge in [-0.2, -0.15) is 0 Å². The predicted molar refractivity (Wildman–Crippen MR) is 110 cm³/mol. The summed E-state index contributed by atoms with van der Waals surface area (Å²) in [4.78, 5) is 17.1. The largest absolute Gasteiger partial charge is 0.496 e. The summed E-state index contributed by atoms with van der Waals surface area (Å²) in [6.45, 7) is 4.10. The second-order valence-corrected chi connectivity index (χ2v) is 7.26. The van der Waals surface area contributed by atoms with E-state index in [4.69, 9.17) is 4.74 Å². The van der Waals surface area contributed by atoms with Crippen molar-refractivity contribution in [3.8, 4) is 16.3 Å². The summed E-state index contributed by atoms with van der Waals surface area (Å²) in [6, 6.07) is 16.0. The SMILES string of the molecule is CCc1ccc(-c2nc(CC(=O)NC(C)c3ccccc3OC)cs2)cc1. The first-order chi connectivity index (χ1) is 13.1. The minimum Gasteiger partial charge on any atom is -0.496 e. The Hall–Kier alpha value is -2.66. The molecule has 0 aliphatic heterocycles. The standard InChI is InChI=1S/C22H24N2O2S/c1-4-16-9-11-17(12-10-16)22-24-18(14-27-22)13-21(25)23-15(2)19-7-5-6-8-20(19)26-3/h5-12,14-15H,4,13H2,1-3H3,(H,23,25). The van der Waals surface area contributed by atoms with Crippen LogP contribution < -0.4 is 10.1 Å². The molecule has 27 heavy (non-hydrogen) atoms. The zero-order chi connectivity index (χ0) is 19.2. The van der Waals surface area contributed by atoms with Crippen molar-refractivity contribution in [2.24, 2.45) is 0 Å². The maximum Gasteiger partial charge on any atom is 0.226 e. The normalized spacial score (nSPS) is 11.8. The number of rotatable bonds is 7. The molecule has 0 saturated heterocycles. The summed E-state index contributed by atoms with van der Waals surface area (Å²) in [6.07, 6.45) is 1.29. The number of nitrogens with zero attached hydrogens (tertiary/aromatic N) is 1. The molecule has 0 radical (unpaired) electrons. The molecule has 3 rings (SSSR count). The lowest BCUT2D eigenvalue weighted by Crippen LogP contribution is -2.28. The first-order valence-electron chi connectivity index (χ1n) is 9.06. The van der Waals surface area contributed by atoms with Crippen LogP contribution in [-0.4, -0.2) is 18.0 Å². The summed E-state index contributed by atoms with van der Waals surface area (Å²) >= 11 is 1.57. The van der Waals surface area contributed by atoms with Crippen molar-refractivity contribution in [3.05, 3.63) is 70.7 Å². The molecule has 0 aliphatic carbocycles. The van der Waals surface area contributed by atoms with Gasteiger partial charge in [0.1, 0.15) is 10.8 Å². The van der Waals surface area contributed by atoms with Crippen LogP contribution in [0, 0.1) is 0 Å². The molecule has 0 aliphatic rings. The zero-order valence-corrected chi connectivity index (χ0v) is 16.7.